The molecule has 4 rings (SSSR count). The molecule has 2 aliphatic rings. The second kappa shape index (κ2) is 7.50. The third kappa shape index (κ3) is 3.72. The lowest BCUT2D eigenvalue weighted by atomic mass is 10.0. The molecule has 0 aromatic heterocycles. The second-order valence-electron chi connectivity index (χ2n) is 7.03. The first kappa shape index (κ1) is 17.7. The SMILES string of the molecule is NC1CCc2cc(C(=O)N3CCOC(c4ccccc4)C3)ccc2NC1=O. The highest BCUT2D eigenvalue weighted by molar-refractivity contribution is 5.98. The number of nitrogens with one attached hydrogen (secondary N) is 1. The minimum Gasteiger partial charge on any atom is -0.370 e. The van der Waals surface area contributed by atoms with Crippen molar-refractivity contribution in [1.82, 2.24) is 4.90 Å². The van der Waals surface area contributed by atoms with E-state index in [1.807, 2.05) is 41.3 Å². The van der Waals surface area contributed by atoms with Gasteiger partial charge in [0.2, 0.25) is 5.91 Å². The van der Waals surface area contributed by atoms with Crippen molar-refractivity contribution in [1.29, 1.82) is 0 Å². The van der Waals surface area contributed by atoms with Crippen LogP contribution in [-0.2, 0) is 16.0 Å². The molecule has 1 fully saturated rings. The molecule has 0 saturated carbocycles. The number of ether oxygens (including phenoxy) is 1. The fraction of sp³-hybridized carbons (Fsp3) is 0.333. The van der Waals surface area contributed by atoms with Gasteiger partial charge in [0.05, 0.1) is 19.2 Å². The third-order valence-electron chi connectivity index (χ3n) is 5.20. The van der Waals surface area contributed by atoms with Crippen molar-refractivity contribution < 1.29 is 14.3 Å². The van der Waals surface area contributed by atoms with E-state index in [2.05, 4.69) is 5.32 Å². The minimum absolute atomic E-state index is 0.0121. The summed E-state index contributed by atoms with van der Waals surface area (Å²) < 4.78 is 5.86. The van der Waals surface area contributed by atoms with Crippen LogP contribution in [0.4, 0.5) is 5.69 Å². The van der Waals surface area contributed by atoms with E-state index in [9.17, 15) is 9.59 Å². The molecule has 0 aliphatic carbocycles. The summed E-state index contributed by atoms with van der Waals surface area (Å²) in [6.07, 6.45) is 1.14. The number of nitrogens with two attached hydrogens (primary N) is 1. The van der Waals surface area contributed by atoms with E-state index in [0.717, 1.165) is 16.8 Å². The Kier molecular flexibility index (Phi) is 4.92. The fourth-order valence-electron chi connectivity index (χ4n) is 3.61. The number of carbonyl (C=O) groups is 2. The van der Waals surface area contributed by atoms with Crippen molar-refractivity contribution in [3.8, 4) is 0 Å². The molecule has 6 nitrogen and oxygen atoms in total. The Bertz CT molecular complexity index is 853. The van der Waals surface area contributed by atoms with Gasteiger partial charge in [0.1, 0.15) is 6.10 Å². The van der Waals surface area contributed by atoms with E-state index in [-0.39, 0.29) is 17.9 Å². The molecule has 2 atom stereocenters. The van der Waals surface area contributed by atoms with Crippen LogP contribution in [0.1, 0.15) is 34.0 Å². The highest BCUT2D eigenvalue weighted by atomic mass is 16.5. The van der Waals surface area contributed by atoms with Crippen molar-refractivity contribution in [3.63, 3.8) is 0 Å². The topological polar surface area (TPSA) is 84.7 Å². The highest BCUT2D eigenvalue weighted by Gasteiger charge is 2.27. The van der Waals surface area contributed by atoms with Gasteiger partial charge in [0.15, 0.2) is 0 Å². The Labute approximate surface area is 158 Å². The monoisotopic (exact) mass is 365 g/mol. The molecular weight excluding hydrogens is 342 g/mol. The minimum atomic E-state index is -0.512. The van der Waals surface area contributed by atoms with Crippen LogP contribution in [0.2, 0.25) is 0 Å². The standard InChI is InChI=1S/C21H23N3O3/c22-17-8-6-15-12-16(7-9-18(15)23-20(17)25)21(26)24-10-11-27-19(13-24)14-4-2-1-3-5-14/h1-5,7,9,12,17,19H,6,8,10-11,13,22H2,(H,23,25). The van der Waals surface area contributed by atoms with Gasteiger partial charge in [-0.1, -0.05) is 30.3 Å². The molecule has 0 radical (unpaired) electrons. The van der Waals surface area contributed by atoms with Crippen LogP contribution < -0.4 is 11.1 Å². The summed E-state index contributed by atoms with van der Waals surface area (Å²) in [5, 5.41) is 2.84. The Morgan fingerprint density at radius 1 is 1.19 bits per heavy atom. The predicted molar refractivity (Wildman–Crippen MR) is 102 cm³/mol. The van der Waals surface area contributed by atoms with Crippen LogP contribution in [0, 0.1) is 0 Å². The molecule has 0 spiro atoms. The zero-order chi connectivity index (χ0) is 18.8. The summed E-state index contributed by atoms with van der Waals surface area (Å²) in [6, 6.07) is 14.9. The average molecular weight is 365 g/mol. The summed E-state index contributed by atoms with van der Waals surface area (Å²) in [5.74, 6) is -0.186. The molecule has 2 aromatic carbocycles. The maximum Gasteiger partial charge on any atom is 0.254 e. The summed E-state index contributed by atoms with van der Waals surface area (Å²) in [5.41, 5.74) is 9.25. The quantitative estimate of drug-likeness (QED) is 0.854. The van der Waals surface area contributed by atoms with E-state index in [1.54, 1.807) is 12.1 Å². The number of hydrogen-bond donors (Lipinski definition) is 2. The molecule has 27 heavy (non-hydrogen) atoms. The summed E-state index contributed by atoms with van der Waals surface area (Å²) >= 11 is 0. The highest BCUT2D eigenvalue weighted by Crippen LogP contribution is 2.26. The normalized spacial score (nSPS) is 22.6. The number of aryl methyl sites for hydroxylation is 1. The van der Waals surface area contributed by atoms with Crippen LogP contribution >= 0.6 is 0 Å². The van der Waals surface area contributed by atoms with Crippen molar-refractivity contribution in [2.24, 2.45) is 5.73 Å². The number of nitrogens with zero attached hydrogens (tertiary/aromatic N) is 1. The van der Waals surface area contributed by atoms with Crippen molar-refractivity contribution in [2.45, 2.75) is 25.0 Å². The van der Waals surface area contributed by atoms with E-state index in [0.29, 0.717) is 38.1 Å². The molecule has 6 heteroatoms. The van der Waals surface area contributed by atoms with Gasteiger partial charge in [-0.2, -0.15) is 0 Å². The fourth-order valence-corrected chi connectivity index (χ4v) is 3.61. The Balaban J connectivity index is 1.52. The number of fused-ring (bicyclic) bond motifs is 1. The van der Waals surface area contributed by atoms with E-state index >= 15 is 0 Å². The maximum absolute atomic E-state index is 13.0. The number of carbonyl (C=O) groups excluding carboxylic acids is 2. The van der Waals surface area contributed by atoms with Gasteiger partial charge < -0.3 is 20.7 Å². The number of benzene rings is 2. The van der Waals surface area contributed by atoms with Crippen molar-refractivity contribution in [3.05, 3.63) is 65.2 Å². The lowest BCUT2D eigenvalue weighted by Gasteiger charge is -2.33. The first-order chi connectivity index (χ1) is 13.1. The van der Waals surface area contributed by atoms with Gasteiger partial charge in [-0.25, -0.2) is 0 Å². The average Bonchev–Trinajstić information content (AvgIpc) is 2.86. The summed E-state index contributed by atoms with van der Waals surface area (Å²) in [6.45, 7) is 1.61. The zero-order valence-corrected chi connectivity index (χ0v) is 15.1. The number of amides is 2. The van der Waals surface area contributed by atoms with Gasteiger partial charge in [-0.05, 0) is 42.2 Å². The predicted octanol–water partition coefficient (Wildman–Crippen LogP) is 2.11. The molecule has 1 saturated heterocycles. The van der Waals surface area contributed by atoms with E-state index < -0.39 is 6.04 Å². The van der Waals surface area contributed by atoms with Crippen LogP contribution in [-0.4, -0.2) is 42.5 Å². The third-order valence-corrected chi connectivity index (χ3v) is 5.20. The van der Waals surface area contributed by atoms with Gasteiger partial charge >= 0.3 is 0 Å². The summed E-state index contributed by atoms with van der Waals surface area (Å²) in [7, 11) is 0. The molecule has 140 valence electrons. The zero-order valence-electron chi connectivity index (χ0n) is 15.1. The molecule has 2 unspecified atom stereocenters. The Morgan fingerprint density at radius 2 is 2.00 bits per heavy atom. The summed E-state index contributed by atoms with van der Waals surface area (Å²) in [4.78, 5) is 26.8. The van der Waals surface area contributed by atoms with Crippen LogP contribution in [0.15, 0.2) is 48.5 Å². The number of anilines is 1. The lowest BCUT2D eigenvalue weighted by Crippen LogP contribution is -2.42. The molecule has 2 heterocycles. The van der Waals surface area contributed by atoms with E-state index in [4.69, 9.17) is 10.5 Å². The second-order valence-corrected chi connectivity index (χ2v) is 7.03. The van der Waals surface area contributed by atoms with Crippen LogP contribution in [0.25, 0.3) is 0 Å². The Morgan fingerprint density at radius 3 is 2.81 bits per heavy atom. The van der Waals surface area contributed by atoms with Crippen LogP contribution in [0.5, 0.6) is 0 Å². The first-order valence-electron chi connectivity index (χ1n) is 9.27. The molecule has 3 N–H and O–H groups in total. The lowest BCUT2D eigenvalue weighted by molar-refractivity contribution is -0.117. The van der Waals surface area contributed by atoms with Crippen LogP contribution in [0.3, 0.4) is 0 Å². The molecule has 2 aromatic rings. The molecule has 0 bridgehead atoms. The van der Waals surface area contributed by atoms with Gasteiger partial charge in [-0.15, -0.1) is 0 Å². The van der Waals surface area contributed by atoms with Crippen molar-refractivity contribution in [2.75, 3.05) is 25.0 Å². The smallest absolute Gasteiger partial charge is 0.254 e. The number of rotatable bonds is 2. The molecule has 2 aliphatic heterocycles. The number of hydrogen-bond acceptors (Lipinski definition) is 4. The van der Waals surface area contributed by atoms with Gasteiger partial charge in [-0.3, -0.25) is 9.59 Å². The largest absolute Gasteiger partial charge is 0.370 e. The van der Waals surface area contributed by atoms with E-state index in [1.165, 1.54) is 0 Å². The maximum atomic E-state index is 13.0. The molecule has 2 amide bonds. The molecular formula is C21H23N3O3. The Hall–Kier alpha value is -2.70. The first-order valence-corrected chi connectivity index (χ1v) is 9.27. The van der Waals surface area contributed by atoms with Gasteiger partial charge in [0.25, 0.3) is 5.91 Å². The van der Waals surface area contributed by atoms with Crippen molar-refractivity contribution >= 4 is 17.5 Å². The number of morpholine rings is 1. The van der Waals surface area contributed by atoms with Gasteiger partial charge in [0, 0.05) is 17.8 Å².